The fourth-order valence-electron chi connectivity index (χ4n) is 2.10. The molecule has 1 aliphatic heterocycles. The monoisotopic (exact) mass is 245 g/mol. The van der Waals surface area contributed by atoms with Crippen LogP contribution in [0.5, 0.6) is 0 Å². The second-order valence-corrected chi connectivity index (χ2v) is 4.87. The third-order valence-electron chi connectivity index (χ3n) is 2.78. The molecule has 1 fully saturated rings. The van der Waals surface area contributed by atoms with Crippen LogP contribution in [0.3, 0.4) is 0 Å². The number of alkyl halides is 1. The van der Waals surface area contributed by atoms with Crippen molar-refractivity contribution in [3.05, 3.63) is 35.4 Å². The summed E-state index contributed by atoms with van der Waals surface area (Å²) in [6.45, 7) is 2.30. The van der Waals surface area contributed by atoms with E-state index in [1.807, 2.05) is 0 Å². The summed E-state index contributed by atoms with van der Waals surface area (Å²) in [6, 6.07) is 3.64. The van der Waals surface area contributed by atoms with Gasteiger partial charge in [0.05, 0.1) is 0 Å². The Hall–Kier alpha value is -0.670. The fourth-order valence-corrected chi connectivity index (χ4v) is 2.45. The van der Waals surface area contributed by atoms with Crippen molar-refractivity contribution in [3.8, 4) is 0 Å². The lowest BCUT2D eigenvalue weighted by Gasteiger charge is -2.29. The van der Waals surface area contributed by atoms with Gasteiger partial charge in [0.1, 0.15) is 11.6 Å². The summed E-state index contributed by atoms with van der Waals surface area (Å²) >= 11 is 6.05. The number of hydrogen-bond donors (Lipinski definition) is 0. The van der Waals surface area contributed by atoms with Gasteiger partial charge in [-0.15, -0.1) is 11.6 Å². The number of likely N-dealkylation sites (tertiary alicyclic amines) is 1. The van der Waals surface area contributed by atoms with Gasteiger partial charge in [0.2, 0.25) is 0 Å². The Bertz CT molecular complexity index is 350. The molecule has 0 amide bonds. The summed E-state index contributed by atoms with van der Waals surface area (Å²) in [5, 5.41) is 0.159. The van der Waals surface area contributed by atoms with Gasteiger partial charge in [0.15, 0.2) is 0 Å². The molecule has 1 unspecified atom stereocenters. The van der Waals surface area contributed by atoms with Crippen LogP contribution in [0.25, 0.3) is 0 Å². The van der Waals surface area contributed by atoms with Crippen LogP contribution in [0.2, 0.25) is 0 Å². The molecule has 1 saturated heterocycles. The van der Waals surface area contributed by atoms with Gasteiger partial charge >= 0.3 is 0 Å². The van der Waals surface area contributed by atoms with Gasteiger partial charge in [-0.25, -0.2) is 8.78 Å². The Kier molecular flexibility index (Phi) is 3.77. The molecule has 1 heterocycles. The van der Waals surface area contributed by atoms with E-state index in [1.165, 1.54) is 12.1 Å². The lowest BCUT2D eigenvalue weighted by Crippen LogP contribution is -2.35. The Morgan fingerprint density at radius 3 is 2.56 bits per heavy atom. The maximum atomic E-state index is 13.0. The standard InChI is InChI=1S/C12H14ClF2N/c13-10-2-1-3-16(8-10)7-9-4-11(14)6-12(15)5-9/h4-6,10H,1-3,7-8H2. The Balaban J connectivity index is 2.02. The summed E-state index contributed by atoms with van der Waals surface area (Å²) in [5.41, 5.74) is 0.670. The summed E-state index contributed by atoms with van der Waals surface area (Å²) < 4.78 is 25.9. The zero-order valence-electron chi connectivity index (χ0n) is 8.93. The second-order valence-electron chi connectivity index (χ2n) is 4.25. The third-order valence-corrected chi connectivity index (χ3v) is 3.13. The summed E-state index contributed by atoms with van der Waals surface area (Å²) in [4.78, 5) is 2.13. The van der Waals surface area contributed by atoms with Crippen molar-refractivity contribution in [1.82, 2.24) is 4.90 Å². The normalized spacial score (nSPS) is 22.3. The van der Waals surface area contributed by atoms with E-state index in [1.54, 1.807) is 0 Å². The molecule has 0 N–H and O–H groups in total. The second kappa shape index (κ2) is 5.11. The number of rotatable bonds is 2. The van der Waals surface area contributed by atoms with Crippen molar-refractivity contribution in [3.63, 3.8) is 0 Å². The molecule has 4 heteroatoms. The number of halogens is 3. The van der Waals surface area contributed by atoms with Crippen LogP contribution in [-0.2, 0) is 6.54 Å². The van der Waals surface area contributed by atoms with Crippen LogP contribution >= 0.6 is 11.6 Å². The molecule has 1 aromatic rings. The van der Waals surface area contributed by atoms with Crippen molar-refractivity contribution in [2.24, 2.45) is 0 Å². The molecule has 1 atom stereocenters. The van der Waals surface area contributed by atoms with Crippen LogP contribution in [-0.4, -0.2) is 23.4 Å². The number of piperidine rings is 1. The van der Waals surface area contributed by atoms with E-state index in [0.29, 0.717) is 12.1 Å². The molecule has 0 bridgehead atoms. The Labute approximate surface area is 99.0 Å². The van der Waals surface area contributed by atoms with Crippen LogP contribution in [0, 0.1) is 11.6 Å². The van der Waals surface area contributed by atoms with E-state index in [9.17, 15) is 8.78 Å². The quantitative estimate of drug-likeness (QED) is 0.724. The van der Waals surface area contributed by atoms with Gasteiger partial charge in [-0.1, -0.05) is 0 Å². The van der Waals surface area contributed by atoms with Gasteiger partial charge in [0.25, 0.3) is 0 Å². The van der Waals surface area contributed by atoms with Crippen molar-refractivity contribution >= 4 is 11.6 Å². The van der Waals surface area contributed by atoms with E-state index in [2.05, 4.69) is 4.90 Å². The molecule has 0 spiro atoms. The van der Waals surface area contributed by atoms with E-state index in [-0.39, 0.29) is 5.38 Å². The minimum absolute atomic E-state index is 0.159. The predicted molar refractivity (Wildman–Crippen MR) is 60.5 cm³/mol. The van der Waals surface area contributed by atoms with Crippen molar-refractivity contribution in [1.29, 1.82) is 0 Å². The Morgan fingerprint density at radius 1 is 1.25 bits per heavy atom. The maximum absolute atomic E-state index is 13.0. The first-order chi connectivity index (χ1) is 7.63. The van der Waals surface area contributed by atoms with Crippen molar-refractivity contribution in [2.45, 2.75) is 24.8 Å². The first kappa shape index (κ1) is 11.8. The van der Waals surface area contributed by atoms with Gasteiger partial charge in [-0.05, 0) is 37.1 Å². The molecular weight excluding hydrogens is 232 g/mol. The van der Waals surface area contributed by atoms with E-state index < -0.39 is 11.6 Å². The molecule has 0 saturated carbocycles. The predicted octanol–water partition coefficient (Wildman–Crippen LogP) is 3.17. The molecule has 88 valence electrons. The zero-order valence-corrected chi connectivity index (χ0v) is 9.68. The van der Waals surface area contributed by atoms with E-state index in [4.69, 9.17) is 11.6 Å². The third kappa shape index (κ3) is 3.16. The number of hydrogen-bond acceptors (Lipinski definition) is 1. The first-order valence-corrected chi connectivity index (χ1v) is 5.88. The molecule has 0 aromatic heterocycles. The van der Waals surface area contributed by atoms with Gasteiger partial charge < -0.3 is 0 Å². The van der Waals surface area contributed by atoms with Gasteiger partial charge in [-0.2, -0.15) is 0 Å². The fraction of sp³-hybridized carbons (Fsp3) is 0.500. The largest absolute Gasteiger partial charge is 0.298 e. The highest BCUT2D eigenvalue weighted by Crippen LogP contribution is 2.18. The van der Waals surface area contributed by atoms with Crippen molar-refractivity contribution < 1.29 is 8.78 Å². The lowest BCUT2D eigenvalue weighted by atomic mass is 10.1. The van der Waals surface area contributed by atoms with E-state index in [0.717, 1.165) is 32.0 Å². The Morgan fingerprint density at radius 2 is 1.94 bits per heavy atom. The molecule has 0 aliphatic carbocycles. The highest BCUT2D eigenvalue weighted by atomic mass is 35.5. The molecule has 1 nitrogen and oxygen atoms in total. The van der Waals surface area contributed by atoms with Crippen LogP contribution < -0.4 is 0 Å². The van der Waals surface area contributed by atoms with Crippen LogP contribution in [0.1, 0.15) is 18.4 Å². The number of benzene rings is 1. The zero-order chi connectivity index (χ0) is 11.5. The highest BCUT2D eigenvalue weighted by Gasteiger charge is 2.18. The summed E-state index contributed by atoms with van der Waals surface area (Å²) in [6.07, 6.45) is 2.07. The highest BCUT2D eigenvalue weighted by molar-refractivity contribution is 6.20. The lowest BCUT2D eigenvalue weighted by molar-refractivity contribution is 0.223. The van der Waals surface area contributed by atoms with Gasteiger partial charge in [0, 0.05) is 24.5 Å². The minimum atomic E-state index is -0.519. The smallest absolute Gasteiger partial charge is 0.126 e. The number of nitrogens with zero attached hydrogens (tertiary/aromatic N) is 1. The molecular formula is C12H14ClF2N. The molecule has 2 rings (SSSR count). The van der Waals surface area contributed by atoms with Crippen LogP contribution in [0.15, 0.2) is 18.2 Å². The van der Waals surface area contributed by atoms with Crippen molar-refractivity contribution in [2.75, 3.05) is 13.1 Å². The maximum Gasteiger partial charge on any atom is 0.126 e. The average molecular weight is 246 g/mol. The van der Waals surface area contributed by atoms with Gasteiger partial charge in [-0.3, -0.25) is 4.90 Å². The first-order valence-electron chi connectivity index (χ1n) is 5.45. The molecule has 0 radical (unpaired) electrons. The van der Waals surface area contributed by atoms with Crippen LogP contribution in [0.4, 0.5) is 8.78 Å². The van der Waals surface area contributed by atoms with E-state index >= 15 is 0 Å². The molecule has 16 heavy (non-hydrogen) atoms. The SMILES string of the molecule is Fc1cc(F)cc(CN2CCCC(Cl)C2)c1. The summed E-state index contributed by atoms with van der Waals surface area (Å²) in [7, 11) is 0. The molecule has 1 aliphatic rings. The molecule has 1 aromatic carbocycles. The topological polar surface area (TPSA) is 3.24 Å². The average Bonchev–Trinajstić information content (AvgIpc) is 2.15. The summed E-state index contributed by atoms with van der Waals surface area (Å²) in [5.74, 6) is -1.04. The minimum Gasteiger partial charge on any atom is -0.298 e.